The first-order chi connectivity index (χ1) is 10.5. The molecular formula is C16H18F2N2O2. The molecule has 0 radical (unpaired) electrons. The predicted molar refractivity (Wildman–Crippen MR) is 76.1 cm³/mol. The summed E-state index contributed by atoms with van der Waals surface area (Å²) in [5, 5.41) is 13.9. The minimum atomic E-state index is -0.865. The Morgan fingerprint density at radius 1 is 1.32 bits per heavy atom. The van der Waals surface area contributed by atoms with Gasteiger partial charge in [-0.25, -0.2) is 8.78 Å². The first-order valence-electron chi connectivity index (χ1n) is 7.24. The van der Waals surface area contributed by atoms with E-state index in [2.05, 4.69) is 5.16 Å². The highest BCUT2D eigenvalue weighted by atomic mass is 19.2. The number of benzene rings is 1. The van der Waals surface area contributed by atoms with Crippen molar-refractivity contribution in [2.24, 2.45) is 0 Å². The number of aliphatic hydroxyl groups is 1. The summed E-state index contributed by atoms with van der Waals surface area (Å²) in [6, 6.07) is 3.75. The van der Waals surface area contributed by atoms with Gasteiger partial charge in [-0.05, 0) is 38.0 Å². The quantitative estimate of drug-likeness (QED) is 0.947. The molecule has 0 spiro atoms. The van der Waals surface area contributed by atoms with Crippen LogP contribution in [0.25, 0.3) is 0 Å². The van der Waals surface area contributed by atoms with Crippen molar-refractivity contribution in [2.45, 2.75) is 39.0 Å². The van der Waals surface area contributed by atoms with Gasteiger partial charge in [0.05, 0.1) is 11.8 Å². The molecule has 22 heavy (non-hydrogen) atoms. The lowest BCUT2D eigenvalue weighted by atomic mass is 10.0. The molecule has 1 aromatic carbocycles. The summed E-state index contributed by atoms with van der Waals surface area (Å²) in [6.07, 6.45) is 0.00707. The molecule has 6 heteroatoms. The number of hydrogen-bond donors (Lipinski definition) is 1. The molecule has 1 aliphatic rings. The van der Waals surface area contributed by atoms with E-state index in [1.807, 2.05) is 18.7 Å². The average molecular weight is 308 g/mol. The Bertz CT molecular complexity index is 667. The van der Waals surface area contributed by atoms with Crippen LogP contribution in [0, 0.1) is 25.5 Å². The van der Waals surface area contributed by atoms with Crippen molar-refractivity contribution in [2.75, 3.05) is 6.54 Å². The monoisotopic (exact) mass is 308 g/mol. The molecule has 2 atom stereocenters. The van der Waals surface area contributed by atoms with E-state index in [0.29, 0.717) is 25.1 Å². The highest BCUT2D eigenvalue weighted by Crippen LogP contribution is 2.34. The first kappa shape index (κ1) is 15.1. The third-order valence-electron chi connectivity index (χ3n) is 4.25. The number of rotatable bonds is 3. The van der Waals surface area contributed by atoms with Crippen LogP contribution < -0.4 is 0 Å². The molecule has 3 rings (SSSR count). The van der Waals surface area contributed by atoms with Crippen LogP contribution in [0.2, 0.25) is 0 Å². The maximum Gasteiger partial charge on any atom is 0.159 e. The van der Waals surface area contributed by atoms with Gasteiger partial charge in [0.25, 0.3) is 0 Å². The van der Waals surface area contributed by atoms with Gasteiger partial charge in [0.1, 0.15) is 5.76 Å². The van der Waals surface area contributed by atoms with Crippen LogP contribution in [0.15, 0.2) is 22.7 Å². The fourth-order valence-electron chi connectivity index (χ4n) is 3.05. The van der Waals surface area contributed by atoms with Crippen molar-refractivity contribution >= 4 is 0 Å². The van der Waals surface area contributed by atoms with Crippen molar-refractivity contribution in [1.82, 2.24) is 10.1 Å². The lowest BCUT2D eigenvalue weighted by Crippen LogP contribution is -2.25. The zero-order valence-corrected chi connectivity index (χ0v) is 12.5. The summed E-state index contributed by atoms with van der Waals surface area (Å²) in [7, 11) is 0. The van der Waals surface area contributed by atoms with Gasteiger partial charge in [-0.3, -0.25) is 4.90 Å². The second-order valence-electron chi connectivity index (χ2n) is 5.81. The summed E-state index contributed by atoms with van der Waals surface area (Å²) in [5.41, 5.74) is 2.45. The number of aryl methyl sites for hydroxylation is 2. The fraction of sp³-hybridized carbons (Fsp3) is 0.438. The Balaban J connectivity index is 1.87. The van der Waals surface area contributed by atoms with Gasteiger partial charge in [0, 0.05) is 24.7 Å². The van der Waals surface area contributed by atoms with Gasteiger partial charge < -0.3 is 9.63 Å². The normalized spacial score (nSPS) is 22.4. The van der Waals surface area contributed by atoms with E-state index in [1.54, 1.807) is 6.07 Å². The molecule has 1 fully saturated rings. The minimum Gasteiger partial charge on any atom is -0.392 e. The standard InChI is InChI=1S/C16H18F2N2O2/c1-9-13(10(2)22-19-9)8-20-7-12(21)6-16(20)11-3-4-14(17)15(18)5-11/h3-5,12,16,21H,6-8H2,1-2H3/t12-,16+/m1/s1. The van der Waals surface area contributed by atoms with E-state index in [9.17, 15) is 13.9 Å². The van der Waals surface area contributed by atoms with Gasteiger partial charge in [0.2, 0.25) is 0 Å². The van der Waals surface area contributed by atoms with Gasteiger partial charge in [-0.2, -0.15) is 0 Å². The molecule has 4 nitrogen and oxygen atoms in total. The summed E-state index contributed by atoms with van der Waals surface area (Å²) in [5.74, 6) is -0.987. The number of halogens is 2. The molecule has 2 heterocycles. The van der Waals surface area contributed by atoms with E-state index in [1.165, 1.54) is 6.07 Å². The maximum absolute atomic E-state index is 13.5. The molecule has 0 saturated carbocycles. The topological polar surface area (TPSA) is 49.5 Å². The van der Waals surface area contributed by atoms with Crippen LogP contribution in [0.5, 0.6) is 0 Å². The average Bonchev–Trinajstić information content (AvgIpc) is 2.99. The third-order valence-corrected chi connectivity index (χ3v) is 4.25. The molecule has 0 amide bonds. The highest BCUT2D eigenvalue weighted by molar-refractivity contribution is 5.25. The number of β-amino-alcohol motifs (C(OH)–C–C–N with tert-alkyl or cyclic N) is 1. The fourth-order valence-corrected chi connectivity index (χ4v) is 3.05. The van der Waals surface area contributed by atoms with Crippen molar-refractivity contribution < 1.29 is 18.4 Å². The van der Waals surface area contributed by atoms with E-state index in [4.69, 9.17) is 4.52 Å². The maximum atomic E-state index is 13.5. The van der Waals surface area contributed by atoms with Crippen LogP contribution in [0.1, 0.15) is 35.0 Å². The number of likely N-dealkylation sites (tertiary alicyclic amines) is 1. The van der Waals surface area contributed by atoms with Crippen LogP contribution in [-0.2, 0) is 6.54 Å². The number of nitrogens with zero attached hydrogens (tertiary/aromatic N) is 2. The van der Waals surface area contributed by atoms with Crippen molar-refractivity contribution in [3.8, 4) is 0 Å². The van der Waals surface area contributed by atoms with Crippen LogP contribution in [0.3, 0.4) is 0 Å². The molecule has 0 unspecified atom stereocenters. The molecule has 118 valence electrons. The van der Waals surface area contributed by atoms with Crippen molar-refractivity contribution in [3.63, 3.8) is 0 Å². The minimum absolute atomic E-state index is 0.154. The van der Waals surface area contributed by atoms with Crippen LogP contribution >= 0.6 is 0 Å². The third kappa shape index (κ3) is 2.76. The van der Waals surface area contributed by atoms with E-state index >= 15 is 0 Å². The van der Waals surface area contributed by atoms with Gasteiger partial charge >= 0.3 is 0 Å². The lowest BCUT2D eigenvalue weighted by Gasteiger charge is -2.24. The number of aromatic nitrogens is 1. The summed E-state index contributed by atoms with van der Waals surface area (Å²) >= 11 is 0. The molecule has 0 bridgehead atoms. The molecule has 1 aliphatic heterocycles. The zero-order valence-electron chi connectivity index (χ0n) is 12.5. The Morgan fingerprint density at radius 3 is 2.73 bits per heavy atom. The van der Waals surface area contributed by atoms with E-state index in [0.717, 1.165) is 23.1 Å². The first-order valence-corrected chi connectivity index (χ1v) is 7.24. The smallest absolute Gasteiger partial charge is 0.159 e. The Kier molecular flexibility index (Phi) is 3.97. The molecule has 0 aliphatic carbocycles. The lowest BCUT2D eigenvalue weighted by molar-refractivity contribution is 0.172. The van der Waals surface area contributed by atoms with Gasteiger partial charge in [-0.1, -0.05) is 11.2 Å². The van der Waals surface area contributed by atoms with Gasteiger partial charge in [0.15, 0.2) is 11.6 Å². The molecular weight excluding hydrogens is 290 g/mol. The highest BCUT2D eigenvalue weighted by Gasteiger charge is 2.33. The van der Waals surface area contributed by atoms with E-state index in [-0.39, 0.29) is 6.04 Å². The van der Waals surface area contributed by atoms with E-state index < -0.39 is 17.7 Å². The second kappa shape index (κ2) is 5.78. The Labute approximate surface area is 127 Å². The predicted octanol–water partition coefficient (Wildman–Crippen LogP) is 2.88. The molecule has 2 aromatic rings. The van der Waals surface area contributed by atoms with Crippen molar-refractivity contribution in [3.05, 3.63) is 52.4 Å². The molecule has 1 saturated heterocycles. The van der Waals surface area contributed by atoms with Crippen LogP contribution in [-0.4, -0.2) is 27.8 Å². The Morgan fingerprint density at radius 2 is 2.09 bits per heavy atom. The number of aliphatic hydroxyl groups excluding tert-OH is 1. The number of hydrogen-bond acceptors (Lipinski definition) is 4. The Hall–Kier alpha value is -1.79. The summed E-state index contributed by atoms with van der Waals surface area (Å²) in [6.45, 7) is 4.74. The zero-order chi connectivity index (χ0) is 15.9. The molecule has 1 aromatic heterocycles. The summed E-state index contributed by atoms with van der Waals surface area (Å²) in [4.78, 5) is 2.05. The molecule has 1 N–H and O–H groups in total. The van der Waals surface area contributed by atoms with Crippen LogP contribution in [0.4, 0.5) is 8.78 Å². The van der Waals surface area contributed by atoms with Crippen molar-refractivity contribution in [1.29, 1.82) is 0 Å². The van der Waals surface area contributed by atoms with Gasteiger partial charge in [-0.15, -0.1) is 0 Å². The largest absolute Gasteiger partial charge is 0.392 e. The SMILES string of the molecule is Cc1noc(C)c1CN1C[C@H](O)C[C@H]1c1ccc(F)c(F)c1. The summed E-state index contributed by atoms with van der Waals surface area (Å²) < 4.78 is 31.8. The second-order valence-corrected chi connectivity index (χ2v) is 5.81.